The first-order valence-electron chi connectivity index (χ1n) is 7.94. The van der Waals surface area contributed by atoms with E-state index in [2.05, 4.69) is 0 Å². The minimum Gasteiger partial charge on any atom is -0.463 e. The summed E-state index contributed by atoms with van der Waals surface area (Å²) in [6.45, 7) is 4.46. The number of carbonyl (C=O) groups excluding carboxylic acids is 5. The SMILES string of the molecule is CC(=O)OC[C@H]1O[C@@H](OC(C)=O)[C@H](OC(C)=O)[C@@]1(COC(C)=O)OC(C)=O. The van der Waals surface area contributed by atoms with Gasteiger partial charge < -0.3 is 28.4 Å². The van der Waals surface area contributed by atoms with Crippen LogP contribution in [0.1, 0.15) is 34.6 Å². The molecule has 0 spiro atoms. The van der Waals surface area contributed by atoms with Gasteiger partial charge in [-0.15, -0.1) is 0 Å². The van der Waals surface area contributed by atoms with E-state index in [4.69, 9.17) is 28.4 Å². The fourth-order valence-electron chi connectivity index (χ4n) is 2.53. The maximum Gasteiger partial charge on any atom is 0.305 e. The van der Waals surface area contributed by atoms with Crippen molar-refractivity contribution in [1.29, 1.82) is 0 Å². The van der Waals surface area contributed by atoms with Crippen LogP contribution in [0.4, 0.5) is 0 Å². The van der Waals surface area contributed by atoms with Gasteiger partial charge >= 0.3 is 29.8 Å². The van der Waals surface area contributed by atoms with E-state index in [0.717, 1.165) is 34.6 Å². The number of ether oxygens (including phenoxy) is 6. The molecular weight excluding hydrogens is 368 g/mol. The van der Waals surface area contributed by atoms with E-state index in [1.54, 1.807) is 0 Å². The highest BCUT2D eigenvalue weighted by Crippen LogP contribution is 2.38. The second-order valence-electron chi connectivity index (χ2n) is 5.76. The van der Waals surface area contributed by atoms with Crippen LogP contribution in [-0.4, -0.2) is 67.2 Å². The molecule has 1 aliphatic heterocycles. The standard InChI is InChI=1S/C16H22O11/c1-8(17)22-6-13-16(27-12(5)21,7-23-9(2)18)14(24-10(3)19)15(26-13)25-11(4)20/h13-15H,6-7H2,1-5H3/t13-,14+,15-,16+/m1/s1. The Labute approximate surface area is 155 Å². The molecule has 1 saturated heterocycles. The van der Waals surface area contributed by atoms with Crippen LogP contribution in [0.15, 0.2) is 0 Å². The summed E-state index contributed by atoms with van der Waals surface area (Å²) >= 11 is 0. The number of esters is 5. The largest absolute Gasteiger partial charge is 0.463 e. The molecule has 0 aromatic heterocycles. The Morgan fingerprint density at radius 1 is 0.778 bits per heavy atom. The van der Waals surface area contributed by atoms with E-state index in [0.29, 0.717) is 0 Å². The fourth-order valence-corrected chi connectivity index (χ4v) is 2.53. The molecule has 0 amide bonds. The zero-order chi connectivity index (χ0) is 20.8. The van der Waals surface area contributed by atoms with Crippen molar-refractivity contribution in [3.8, 4) is 0 Å². The molecule has 1 heterocycles. The summed E-state index contributed by atoms with van der Waals surface area (Å²) in [5, 5.41) is 0. The molecule has 0 N–H and O–H groups in total. The topological polar surface area (TPSA) is 141 Å². The lowest BCUT2D eigenvalue weighted by Crippen LogP contribution is -2.58. The van der Waals surface area contributed by atoms with Crippen molar-refractivity contribution in [2.75, 3.05) is 13.2 Å². The van der Waals surface area contributed by atoms with Crippen molar-refractivity contribution in [3.63, 3.8) is 0 Å². The van der Waals surface area contributed by atoms with E-state index in [9.17, 15) is 24.0 Å². The zero-order valence-corrected chi connectivity index (χ0v) is 15.6. The summed E-state index contributed by atoms with van der Waals surface area (Å²) in [6, 6.07) is 0. The average Bonchev–Trinajstić information content (AvgIpc) is 2.75. The maximum atomic E-state index is 11.7. The molecule has 1 rings (SSSR count). The van der Waals surface area contributed by atoms with Crippen LogP contribution in [0.25, 0.3) is 0 Å². The zero-order valence-electron chi connectivity index (χ0n) is 15.6. The van der Waals surface area contributed by atoms with Crippen molar-refractivity contribution < 1.29 is 52.4 Å². The molecule has 0 unspecified atom stereocenters. The first kappa shape index (κ1) is 22.4. The van der Waals surface area contributed by atoms with E-state index in [-0.39, 0.29) is 0 Å². The van der Waals surface area contributed by atoms with Crippen LogP contribution in [-0.2, 0) is 52.4 Å². The summed E-state index contributed by atoms with van der Waals surface area (Å²) < 4.78 is 30.9. The number of carbonyl (C=O) groups is 5. The van der Waals surface area contributed by atoms with Gasteiger partial charge in [-0.25, -0.2) is 0 Å². The summed E-state index contributed by atoms with van der Waals surface area (Å²) in [7, 11) is 0. The minimum atomic E-state index is -1.90. The average molecular weight is 390 g/mol. The number of hydrogen-bond donors (Lipinski definition) is 0. The van der Waals surface area contributed by atoms with Gasteiger partial charge in [-0.05, 0) is 0 Å². The third-order valence-corrected chi connectivity index (χ3v) is 3.42. The van der Waals surface area contributed by atoms with E-state index >= 15 is 0 Å². The lowest BCUT2D eigenvalue weighted by Gasteiger charge is -2.35. The summed E-state index contributed by atoms with van der Waals surface area (Å²) in [5.41, 5.74) is -1.90. The summed E-state index contributed by atoms with van der Waals surface area (Å²) in [6.07, 6.45) is -4.21. The van der Waals surface area contributed by atoms with Crippen molar-refractivity contribution >= 4 is 29.8 Å². The first-order valence-corrected chi connectivity index (χ1v) is 7.94. The predicted molar refractivity (Wildman–Crippen MR) is 83.7 cm³/mol. The summed E-state index contributed by atoms with van der Waals surface area (Å²) in [5.74, 6) is -3.77. The van der Waals surface area contributed by atoms with E-state index in [1.807, 2.05) is 0 Å². The molecule has 0 bridgehead atoms. The Kier molecular flexibility index (Phi) is 7.70. The molecule has 152 valence electrons. The predicted octanol–water partition coefficient (Wildman–Crippen LogP) is -0.366. The smallest absolute Gasteiger partial charge is 0.305 e. The van der Waals surface area contributed by atoms with Crippen LogP contribution >= 0.6 is 0 Å². The Hall–Kier alpha value is -2.69. The van der Waals surface area contributed by atoms with E-state index in [1.165, 1.54) is 0 Å². The van der Waals surface area contributed by atoms with Gasteiger partial charge in [0.25, 0.3) is 0 Å². The Morgan fingerprint density at radius 2 is 1.33 bits per heavy atom. The normalized spacial score (nSPS) is 26.6. The lowest BCUT2D eigenvalue weighted by atomic mass is 9.92. The van der Waals surface area contributed by atoms with Crippen molar-refractivity contribution in [1.82, 2.24) is 0 Å². The Bertz CT molecular complexity index is 613. The van der Waals surface area contributed by atoms with Gasteiger partial charge in [-0.1, -0.05) is 0 Å². The number of hydrogen-bond acceptors (Lipinski definition) is 11. The Balaban J connectivity index is 3.38. The lowest BCUT2D eigenvalue weighted by molar-refractivity contribution is -0.205. The van der Waals surface area contributed by atoms with Crippen LogP contribution < -0.4 is 0 Å². The third kappa shape index (κ3) is 6.20. The molecule has 0 aromatic carbocycles. The van der Waals surface area contributed by atoms with E-state index < -0.39 is 67.2 Å². The Morgan fingerprint density at radius 3 is 1.78 bits per heavy atom. The van der Waals surface area contributed by atoms with Gasteiger partial charge in [0.15, 0.2) is 0 Å². The fraction of sp³-hybridized carbons (Fsp3) is 0.688. The molecule has 11 heteroatoms. The molecule has 1 fully saturated rings. The minimum absolute atomic E-state index is 0.445. The molecule has 0 radical (unpaired) electrons. The third-order valence-electron chi connectivity index (χ3n) is 3.42. The highest BCUT2D eigenvalue weighted by molar-refractivity contribution is 5.69. The molecule has 11 nitrogen and oxygen atoms in total. The molecule has 1 aliphatic rings. The van der Waals surface area contributed by atoms with Gasteiger partial charge in [-0.3, -0.25) is 24.0 Å². The monoisotopic (exact) mass is 390 g/mol. The molecule has 27 heavy (non-hydrogen) atoms. The van der Waals surface area contributed by atoms with Crippen LogP contribution in [0.3, 0.4) is 0 Å². The molecule has 0 aromatic rings. The molecular formula is C16H22O11. The van der Waals surface area contributed by atoms with Gasteiger partial charge in [0, 0.05) is 34.6 Å². The van der Waals surface area contributed by atoms with Gasteiger partial charge in [0.2, 0.25) is 18.0 Å². The highest BCUT2D eigenvalue weighted by atomic mass is 16.8. The first-order chi connectivity index (χ1) is 12.5. The highest BCUT2D eigenvalue weighted by Gasteiger charge is 2.64. The van der Waals surface area contributed by atoms with Crippen molar-refractivity contribution in [3.05, 3.63) is 0 Å². The van der Waals surface area contributed by atoms with Crippen LogP contribution in [0, 0.1) is 0 Å². The summed E-state index contributed by atoms with van der Waals surface area (Å²) in [4.78, 5) is 57.1. The van der Waals surface area contributed by atoms with Crippen molar-refractivity contribution in [2.45, 2.75) is 58.7 Å². The maximum absolute atomic E-state index is 11.7. The second kappa shape index (κ2) is 9.31. The number of rotatable bonds is 7. The van der Waals surface area contributed by atoms with Crippen LogP contribution in [0.5, 0.6) is 0 Å². The molecule has 4 atom stereocenters. The van der Waals surface area contributed by atoms with Crippen molar-refractivity contribution in [2.24, 2.45) is 0 Å². The van der Waals surface area contributed by atoms with Gasteiger partial charge in [0.05, 0.1) is 0 Å². The molecule has 0 aliphatic carbocycles. The van der Waals surface area contributed by atoms with Gasteiger partial charge in [0.1, 0.15) is 19.3 Å². The molecule has 0 saturated carbocycles. The van der Waals surface area contributed by atoms with Crippen LogP contribution in [0.2, 0.25) is 0 Å². The quantitative estimate of drug-likeness (QED) is 0.415. The second-order valence-corrected chi connectivity index (χ2v) is 5.76. The van der Waals surface area contributed by atoms with Gasteiger partial charge in [-0.2, -0.15) is 0 Å².